The van der Waals surface area contributed by atoms with E-state index < -0.39 is 42.2 Å². The normalized spacial score (nSPS) is 16.4. The second-order valence-electron chi connectivity index (χ2n) is 3.37. The van der Waals surface area contributed by atoms with E-state index in [1.807, 2.05) is 0 Å². The summed E-state index contributed by atoms with van der Waals surface area (Å²) in [6.45, 7) is 0. The summed E-state index contributed by atoms with van der Waals surface area (Å²) in [7, 11) is -5.46. The quantitative estimate of drug-likeness (QED) is 0.203. The molecule has 0 aliphatic rings. The van der Waals surface area contributed by atoms with Gasteiger partial charge in [0.1, 0.15) is 0 Å². The fraction of sp³-hybridized carbons (Fsp3) is 1.00. The van der Waals surface area contributed by atoms with E-state index in [1.54, 1.807) is 0 Å². The Morgan fingerprint density at radius 1 is 0.833 bits per heavy atom. The zero-order valence-corrected chi connectivity index (χ0v) is 14.1. The van der Waals surface area contributed by atoms with Crippen LogP contribution in [-0.4, -0.2) is 59.5 Å². The van der Waals surface area contributed by atoms with Crippen molar-refractivity contribution in [3.63, 3.8) is 0 Å². The number of hydrogen-bond donors (Lipinski definition) is 4. The molecule has 0 radical (unpaired) electrons. The van der Waals surface area contributed by atoms with Crippen molar-refractivity contribution in [3.05, 3.63) is 0 Å². The van der Waals surface area contributed by atoms with Crippen LogP contribution in [0.25, 0.3) is 0 Å². The standard InChI is InChI=1S/C6H14O6S6/c7-17(8,9)3-5(13)1-15-16-2-6(14)4-18(10,11)12/h5-6,13-14H,1-4H2,(H,7,8,9)(H,10,11,12). The molecule has 0 bridgehead atoms. The van der Waals surface area contributed by atoms with Crippen LogP contribution in [0, 0.1) is 0 Å². The molecule has 0 amide bonds. The van der Waals surface area contributed by atoms with Crippen molar-refractivity contribution in [2.45, 2.75) is 10.5 Å². The first kappa shape index (κ1) is 19.2. The minimum Gasteiger partial charge on any atom is -0.286 e. The van der Waals surface area contributed by atoms with Gasteiger partial charge in [0.05, 0.1) is 11.5 Å². The van der Waals surface area contributed by atoms with Gasteiger partial charge >= 0.3 is 0 Å². The highest BCUT2D eigenvalue weighted by atomic mass is 33.1. The molecule has 18 heavy (non-hydrogen) atoms. The summed E-state index contributed by atoms with van der Waals surface area (Å²) in [5, 5.41) is -1.00. The predicted molar refractivity (Wildman–Crippen MR) is 83.3 cm³/mol. The van der Waals surface area contributed by atoms with E-state index in [4.69, 9.17) is 9.11 Å². The van der Waals surface area contributed by atoms with Gasteiger partial charge in [0, 0.05) is 22.0 Å². The molecule has 12 heteroatoms. The maximum atomic E-state index is 10.5. The van der Waals surface area contributed by atoms with Gasteiger partial charge in [-0.05, 0) is 0 Å². The van der Waals surface area contributed by atoms with Crippen LogP contribution in [0.15, 0.2) is 0 Å². The van der Waals surface area contributed by atoms with Crippen LogP contribution in [0.5, 0.6) is 0 Å². The van der Waals surface area contributed by atoms with E-state index in [0.29, 0.717) is 11.5 Å². The lowest BCUT2D eigenvalue weighted by Crippen LogP contribution is -2.18. The Kier molecular flexibility index (Phi) is 9.07. The minimum atomic E-state index is -4.03. The molecule has 110 valence electrons. The molecule has 2 N–H and O–H groups in total. The van der Waals surface area contributed by atoms with Crippen LogP contribution < -0.4 is 0 Å². The molecule has 0 heterocycles. The van der Waals surface area contributed by atoms with Gasteiger partial charge in [0.2, 0.25) is 0 Å². The van der Waals surface area contributed by atoms with E-state index in [0.717, 1.165) is 0 Å². The molecule has 0 aromatic rings. The molecular formula is C6H14O6S6. The third kappa shape index (κ3) is 13.6. The second-order valence-corrected chi connectivity index (χ2v) is 10.4. The first-order valence-corrected chi connectivity index (χ1v) is 11.2. The predicted octanol–water partition coefficient (Wildman–Crippen LogP) is 0.740. The van der Waals surface area contributed by atoms with Crippen molar-refractivity contribution < 1.29 is 25.9 Å². The summed E-state index contributed by atoms with van der Waals surface area (Å²) < 4.78 is 59.2. The van der Waals surface area contributed by atoms with Gasteiger partial charge in [-0.2, -0.15) is 42.1 Å². The molecular weight excluding hydrogens is 360 g/mol. The number of thiol groups is 2. The highest BCUT2D eigenvalue weighted by Crippen LogP contribution is 2.26. The third-order valence-electron chi connectivity index (χ3n) is 1.41. The van der Waals surface area contributed by atoms with Crippen LogP contribution >= 0.6 is 46.8 Å². The second kappa shape index (κ2) is 8.49. The maximum Gasteiger partial charge on any atom is 0.265 e. The molecule has 2 unspecified atom stereocenters. The van der Waals surface area contributed by atoms with Crippen molar-refractivity contribution in [2.24, 2.45) is 0 Å². The number of hydrogen-bond acceptors (Lipinski definition) is 8. The highest BCUT2D eigenvalue weighted by molar-refractivity contribution is 8.76. The Labute approximate surface area is 126 Å². The summed E-state index contributed by atoms with van der Waals surface area (Å²) in [6.07, 6.45) is 0. The van der Waals surface area contributed by atoms with Crippen molar-refractivity contribution in [3.8, 4) is 0 Å². The van der Waals surface area contributed by atoms with Crippen LogP contribution in [0.3, 0.4) is 0 Å². The van der Waals surface area contributed by atoms with Gasteiger partial charge in [0.15, 0.2) is 0 Å². The van der Waals surface area contributed by atoms with Crippen LogP contribution in [0.4, 0.5) is 0 Å². The molecule has 0 aromatic heterocycles. The van der Waals surface area contributed by atoms with Crippen molar-refractivity contribution in [1.82, 2.24) is 0 Å². The van der Waals surface area contributed by atoms with Crippen LogP contribution in [0.2, 0.25) is 0 Å². The Morgan fingerprint density at radius 2 is 1.11 bits per heavy atom. The lowest BCUT2D eigenvalue weighted by molar-refractivity contribution is 0.480. The summed E-state index contributed by atoms with van der Waals surface area (Å²) in [5.74, 6) is -0.113. The molecule has 0 aliphatic heterocycles. The Hall–Kier alpha value is 1.22. The summed E-state index contributed by atoms with van der Waals surface area (Å²) >= 11 is 7.98. The van der Waals surface area contributed by atoms with E-state index in [-0.39, 0.29) is 0 Å². The third-order valence-corrected chi connectivity index (χ3v) is 7.34. The van der Waals surface area contributed by atoms with Crippen LogP contribution in [-0.2, 0) is 20.2 Å². The summed E-state index contributed by atoms with van der Waals surface area (Å²) in [5.41, 5.74) is 0. The van der Waals surface area contributed by atoms with Gasteiger partial charge < -0.3 is 0 Å². The van der Waals surface area contributed by atoms with E-state index >= 15 is 0 Å². The molecule has 0 aromatic carbocycles. The SMILES string of the molecule is O=S(=O)(O)CC(S)CSSCC(S)CS(=O)(=O)O. The molecule has 6 nitrogen and oxygen atoms in total. The fourth-order valence-electron chi connectivity index (χ4n) is 0.836. The monoisotopic (exact) mass is 374 g/mol. The lowest BCUT2D eigenvalue weighted by Gasteiger charge is -2.10. The van der Waals surface area contributed by atoms with Crippen molar-refractivity contribution in [1.29, 1.82) is 0 Å². The molecule has 0 aliphatic carbocycles. The first-order chi connectivity index (χ1) is 7.99. The van der Waals surface area contributed by atoms with Gasteiger partial charge in [-0.25, -0.2) is 0 Å². The average molecular weight is 375 g/mol. The van der Waals surface area contributed by atoms with Crippen LogP contribution in [0.1, 0.15) is 0 Å². The highest BCUT2D eigenvalue weighted by Gasteiger charge is 2.15. The summed E-state index contributed by atoms with van der Waals surface area (Å²) in [4.78, 5) is 0. The molecule has 0 fully saturated rings. The zero-order chi connectivity index (χ0) is 14.4. The summed E-state index contributed by atoms with van der Waals surface area (Å²) in [6, 6.07) is 0. The Balaban J connectivity index is 3.74. The van der Waals surface area contributed by atoms with E-state index in [1.165, 1.54) is 21.6 Å². The molecule has 2 atom stereocenters. The average Bonchev–Trinajstić information content (AvgIpc) is 2.06. The van der Waals surface area contributed by atoms with Gasteiger partial charge in [0.25, 0.3) is 20.2 Å². The topological polar surface area (TPSA) is 109 Å². The first-order valence-electron chi connectivity index (χ1n) is 4.50. The fourth-order valence-corrected chi connectivity index (χ4v) is 6.83. The Morgan fingerprint density at radius 3 is 1.33 bits per heavy atom. The molecule has 0 spiro atoms. The van der Waals surface area contributed by atoms with E-state index in [2.05, 4.69) is 25.3 Å². The minimum absolute atomic E-state index is 0.375. The van der Waals surface area contributed by atoms with Crippen molar-refractivity contribution >= 4 is 67.1 Å². The zero-order valence-electron chi connectivity index (χ0n) is 9.04. The molecule has 0 saturated carbocycles. The van der Waals surface area contributed by atoms with E-state index in [9.17, 15) is 16.8 Å². The molecule has 0 saturated heterocycles. The van der Waals surface area contributed by atoms with Crippen molar-refractivity contribution in [2.75, 3.05) is 23.0 Å². The Bertz CT molecular complexity index is 387. The number of rotatable bonds is 9. The largest absolute Gasteiger partial charge is 0.286 e. The van der Waals surface area contributed by atoms with Gasteiger partial charge in [-0.1, -0.05) is 21.6 Å². The maximum absolute atomic E-state index is 10.5. The molecule has 0 rings (SSSR count). The lowest BCUT2D eigenvalue weighted by atomic mass is 10.6. The van der Waals surface area contributed by atoms with Gasteiger partial charge in [-0.3, -0.25) is 9.11 Å². The smallest absolute Gasteiger partial charge is 0.265 e. The van der Waals surface area contributed by atoms with Gasteiger partial charge in [-0.15, -0.1) is 0 Å².